The number of nitrogens with zero attached hydrogens (tertiary/aromatic N) is 2. The molecule has 1 atom stereocenters. The third-order valence-electron chi connectivity index (χ3n) is 4.34. The van der Waals surface area contributed by atoms with E-state index in [9.17, 15) is 4.79 Å². The van der Waals surface area contributed by atoms with Crippen LogP contribution >= 0.6 is 0 Å². The van der Waals surface area contributed by atoms with Crippen LogP contribution in [0.3, 0.4) is 0 Å². The molecular formula is C22H24N2O5. The number of ether oxygens (including phenoxy) is 3. The molecule has 0 amide bonds. The van der Waals surface area contributed by atoms with E-state index >= 15 is 0 Å². The van der Waals surface area contributed by atoms with E-state index in [2.05, 4.69) is 24.0 Å². The summed E-state index contributed by atoms with van der Waals surface area (Å²) in [5.41, 5.74) is 1.95. The predicted molar refractivity (Wildman–Crippen MR) is 107 cm³/mol. The highest BCUT2D eigenvalue weighted by molar-refractivity contribution is 5.71. The summed E-state index contributed by atoms with van der Waals surface area (Å²) in [5, 5.41) is 7.97. The molecule has 29 heavy (non-hydrogen) atoms. The first-order chi connectivity index (χ1) is 14.0. The Morgan fingerprint density at radius 3 is 2.24 bits per heavy atom. The third kappa shape index (κ3) is 5.34. The second-order valence-corrected chi connectivity index (χ2v) is 6.82. The second kappa shape index (κ2) is 9.23. The van der Waals surface area contributed by atoms with Gasteiger partial charge in [0.2, 0.25) is 5.89 Å². The van der Waals surface area contributed by atoms with Crippen LogP contribution in [0.5, 0.6) is 11.5 Å². The van der Waals surface area contributed by atoms with E-state index in [1.165, 1.54) is 5.56 Å². The molecule has 0 unspecified atom stereocenters. The summed E-state index contributed by atoms with van der Waals surface area (Å²) in [6.07, 6.45) is -0.686. The Kier molecular flexibility index (Phi) is 6.49. The minimum absolute atomic E-state index is 0.204. The highest BCUT2D eigenvalue weighted by Crippen LogP contribution is 2.24. The van der Waals surface area contributed by atoms with Crippen molar-refractivity contribution in [1.29, 1.82) is 0 Å². The van der Waals surface area contributed by atoms with Gasteiger partial charge in [0.05, 0.1) is 7.11 Å². The number of rotatable bonds is 8. The minimum Gasteiger partial charge on any atom is -0.497 e. The standard InChI is InChI=1S/C22H24N2O5/c1-14(2)16-5-11-19(12-6-16)27-13-20(25)28-15(3)21-23-24-22(29-21)17-7-9-18(26-4)10-8-17/h5-12,14-15H,13H2,1-4H3/t15-/m0/s1. The third-order valence-corrected chi connectivity index (χ3v) is 4.34. The van der Waals surface area contributed by atoms with Crippen molar-refractivity contribution in [2.45, 2.75) is 32.8 Å². The first kappa shape index (κ1) is 20.4. The SMILES string of the molecule is COc1ccc(-c2nnc([C@H](C)OC(=O)COc3ccc(C(C)C)cc3)o2)cc1. The minimum atomic E-state index is -0.686. The van der Waals surface area contributed by atoms with Crippen LogP contribution in [0.2, 0.25) is 0 Å². The van der Waals surface area contributed by atoms with Gasteiger partial charge in [-0.1, -0.05) is 26.0 Å². The summed E-state index contributed by atoms with van der Waals surface area (Å²) in [6, 6.07) is 14.9. The Labute approximate surface area is 169 Å². The van der Waals surface area contributed by atoms with Crippen LogP contribution in [0.25, 0.3) is 11.5 Å². The van der Waals surface area contributed by atoms with Gasteiger partial charge in [-0.3, -0.25) is 0 Å². The molecule has 0 saturated carbocycles. The molecule has 1 heterocycles. The predicted octanol–water partition coefficient (Wildman–Crippen LogP) is 4.55. The Morgan fingerprint density at radius 2 is 1.62 bits per heavy atom. The number of hydrogen-bond acceptors (Lipinski definition) is 7. The van der Waals surface area contributed by atoms with Gasteiger partial charge in [-0.25, -0.2) is 4.79 Å². The average molecular weight is 396 g/mol. The van der Waals surface area contributed by atoms with Crippen LogP contribution in [0.4, 0.5) is 0 Å². The van der Waals surface area contributed by atoms with Gasteiger partial charge in [0, 0.05) is 5.56 Å². The Bertz CT molecular complexity index is 933. The fourth-order valence-electron chi connectivity index (χ4n) is 2.62. The summed E-state index contributed by atoms with van der Waals surface area (Å²) < 4.78 is 21.6. The maximum Gasteiger partial charge on any atom is 0.344 e. The zero-order valence-electron chi connectivity index (χ0n) is 16.9. The average Bonchev–Trinajstić information content (AvgIpc) is 3.23. The van der Waals surface area contributed by atoms with E-state index in [1.807, 2.05) is 36.4 Å². The molecule has 0 bridgehead atoms. The van der Waals surface area contributed by atoms with Crippen molar-refractivity contribution in [2.24, 2.45) is 0 Å². The highest BCUT2D eigenvalue weighted by Gasteiger charge is 2.19. The smallest absolute Gasteiger partial charge is 0.344 e. The number of hydrogen-bond donors (Lipinski definition) is 0. The Hall–Kier alpha value is -3.35. The zero-order valence-corrected chi connectivity index (χ0v) is 16.9. The number of carbonyl (C=O) groups is 1. The van der Waals surface area contributed by atoms with Crippen LogP contribution in [0.1, 0.15) is 44.2 Å². The zero-order chi connectivity index (χ0) is 20.8. The van der Waals surface area contributed by atoms with E-state index in [1.54, 1.807) is 26.2 Å². The molecule has 0 spiro atoms. The Morgan fingerprint density at radius 1 is 0.966 bits per heavy atom. The molecule has 0 radical (unpaired) electrons. The first-order valence-electron chi connectivity index (χ1n) is 9.36. The van der Waals surface area contributed by atoms with Crippen molar-refractivity contribution in [1.82, 2.24) is 10.2 Å². The molecule has 2 aromatic carbocycles. The van der Waals surface area contributed by atoms with Gasteiger partial charge in [0.25, 0.3) is 5.89 Å². The first-order valence-corrected chi connectivity index (χ1v) is 9.36. The van der Waals surface area contributed by atoms with Crippen molar-refractivity contribution < 1.29 is 23.4 Å². The molecule has 0 aliphatic heterocycles. The van der Waals surface area contributed by atoms with Gasteiger partial charge >= 0.3 is 5.97 Å². The fraction of sp³-hybridized carbons (Fsp3) is 0.318. The van der Waals surface area contributed by atoms with Crippen LogP contribution in [-0.2, 0) is 9.53 Å². The van der Waals surface area contributed by atoms with Crippen LogP contribution in [0, 0.1) is 0 Å². The van der Waals surface area contributed by atoms with Gasteiger partial charge in [0.15, 0.2) is 12.7 Å². The summed E-state index contributed by atoms with van der Waals surface area (Å²) in [6.45, 7) is 5.70. The van der Waals surface area contributed by atoms with Crippen molar-refractivity contribution in [2.75, 3.05) is 13.7 Å². The summed E-state index contributed by atoms with van der Waals surface area (Å²) in [7, 11) is 1.60. The van der Waals surface area contributed by atoms with Gasteiger partial charge in [-0.15, -0.1) is 10.2 Å². The maximum absolute atomic E-state index is 12.1. The quantitative estimate of drug-likeness (QED) is 0.516. The Balaban J connectivity index is 1.53. The molecular weight excluding hydrogens is 372 g/mol. The lowest BCUT2D eigenvalue weighted by atomic mass is 10.0. The van der Waals surface area contributed by atoms with Gasteiger partial charge in [0.1, 0.15) is 11.5 Å². The monoisotopic (exact) mass is 396 g/mol. The molecule has 0 fully saturated rings. The van der Waals surface area contributed by atoms with Gasteiger partial charge < -0.3 is 18.6 Å². The van der Waals surface area contributed by atoms with Crippen molar-refractivity contribution in [3.05, 3.63) is 60.0 Å². The molecule has 7 nitrogen and oxygen atoms in total. The van der Waals surface area contributed by atoms with E-state index in [0.29, 0.717) is 17.6 Å². The maximum atomic E-state index is 12.1. The van der Waals surface area contributed by atoms with E-state index in [4.69, 9.17) is 18.6 Å². The van der Waals surface area contributed by atoms with Crippen LogP contribution in [-0.4, -0.2) is 29.9 Å². The summed E-state index contributed by atoms with van der Waals surface area (Å²) >= 11 is 0. The number of methoxy groups -OCH3 is 1. The van der Waals surface area contributed by atoms with Gasteiger partial charge in [-0.05, 0) is 54.8 Å². The molecule has 0 aliphatic rings. The number of carbonyl (C=O) groups excluding carboxylic acids is 1. The molecule has 0 N–H and O–H groups in total. The lowest BCUT2D eigenvalue weighted by Gasteiger charge is -2.11. The number of benzene rings is 2. The van der Waals surface area contributed by atoms with E-state index in [0.717, 1.165) is 11.3 Å². The molecule has 0 saturated heterocycles. The fourth-order valence-corrected chi connectivity index (χ4v) is 2.62. The van der Waals surface area contributed by atoms with Gasteiger partial charge in [-0.2, -0.15) is 0 Å². The largest absolute Gasteiger partial charge is 0.497 e. The molecule has 1 aromatic heterocycles. The second-order valence-electron chi connectivity index (χ2n) is 6.82. The van der Waals surface area contributed by atoms with Crippen LogP contribution < -0.4 is 9.47 Å². The molecule has 3 aromatic rings. The van der Waals surface area contributed by atoms with Crippen LogP contribution in [0.15, 0.2) is 52.9 Å². The highest BCUT2D eigenvalue weighted by atomic mass is 16.6. The summed E-state index contributed by atoms with van der Waals surface area (Å²) in [5.74, 6) is 1.81. The topological polar surface area (TPSA) is 83.7 Å². The normalized spacial score (nSPS) is 11.9. The summed E-state index contributed by atoms with van der Waals surface area (Å²) in [4.78, 5) is 12.1. The lowest BCUT2D eigenvalue weighted by molar-refractivity contribution is -0.152. The number of aromatic nitrogens is 2. The number of esters is 1. The van der Waals surface area contributed by atoms with Crippen molar-refractivity contribution in [3.63, 3.8) is 0 Å². The lowest BCUT2D eigenvalue weighted by Crippen LogP contribution is -2.17. The van der Waals surface area contributed by atoms with Crippen molar-refractivity contribution in [3.8, 4) is 23.0 Å². The molecule has 7 heteroatoms. The van der Waals surface area contributed by atoms with Crippen molar-refractivity contribution >= 4 is 5.97 Å². The van der Waals surface area contributed by atoms with E-state index in [-0.39, 0.29) is 12.5 Å². The molecule has 152 valence electrons. The van der Waals surface area contributed by atoms with E-state index < -0.39 is 12.1 Å². The molecule has 3 rings (SSSR count). The molecule has 0 aliphatic carbocycles.